The van der Waals surface area contributed by atoms with Gasteiger partial charge in [0.05, 0.1) is 26.0 Å². The lowest BCUT2D eigenvalue weighted by molar-refractivity contribution is 0.269. The van der Waals surface area contributed by atoms with Crippen LogP contribution in [0.4, 0.5) is 0 Å². The molecule has 0 unspecified atom stereocenters. The molecule has 2 rings (SSSR count). The van der Waals surface area contributed by atoms with Crippen LogP contribution in [0.25, 0.3) is 11.1 Å². The van der Waals surface area contributed by atoms with Gasteiger partial charge in [0.2, 0.25) is 0 Å². The second-order valence-electron chi connectivity index (χ2n) is 3.67. The summed E-state index contributed by atoms with van der Waals surface area (Å²) in [5, 5.41) is 13.0. The Morgan fingerprint density at radius 1 is 1.24 bits per heavy atom. The van der Waals surface area contributed by atoms with Gasteiger partial charge >= 0.3 is 0 Å². The minimum Gasteiger partial charge on any atom is -0.494 e. The quantitative estimate of drug-likeness (QED) is 0.857. The van der Waals surface area contributed by atoms with Gasteiger partial charge in [-0.05, 0) is 24.6 Å². The molecule has 2 aromatic rings. The van der Waals surface area contributed by atoms with Crippen molar-refractivity contribution in [1.29, 1.82) is 0 Å². The first kappa shape index (κ1) is 11.7. The highest BCUT2D eigenvalue weighted by molar-refractivity contribution is 5.62. The second kappa shape index (κ2) is 5.50. The van der Waals surface area contributed by atoms with E-state index in [4.69, 9.17) is 9.84 Å². The summed E-state index contributed by atoms with van der Waals surface area (Å²) in [5.41, 5.74) is 2.14. The lowest BCUT2D eigenvalue weighted by Gasteiger charge is -2.03. The molecule has 0 aliphatic carbocycles. The third-order valence-electron chi connectivity index (χ3n) is 2.46. The minimum atomic E-state index is 0.102. The van der Waals surface area contributed by atoms with Crippen molar-refractivity contribution in [2.45, 2.75) is 13.5 Å². The van der Waals surface area contributed by atoms with E-state index in [2.05, 4.69) is 5.10 Å². The molecule has 0 atom stereocenters. The number of hydrogen-bond donors (Lipinski definition) is 1. The molecule has 4 heteroatoms. The zero-order valence-electron chi connectivity index (χ0n) is 9.84. The van der Waals surface area contributed by atoms with Gasteiger partial charge in [-0.15, -0.1) is 0 Å². The second-order valence-corrected chi connectivity index (χ2v) is 3.67. The molecule has 0 fully saturated rings. The molecular formula is C13H16N2O2. The van der Waals surface area contributed by atoms with E-state index in [-0.39, 0.29) is 6.61 Å². The summed E-state index contributed by atoms with van der Waals surface area (Å²) < 4.78 is 7.11. The van der Waals surface area contributed by atoms with E-state index in [0.29, 0.717) is 13.2 Å². The van der Waals surface area contributed by atoms with Gasteiger partial charge in [0, 0.05) is 11.8 Å². The molecule has 0 bridgehead atoms. The molecular weight excluding hydrogens is 216 g/mol. The lowest BCUT2D eigenvalue weighted by atomic mass is 10.1. The van der Waals surface area contributed by atoms with Gasteiger partial charge in [-0.2, -0.15) is 5.10 Å². The van der Waals surface area contributed by atoms with Crippen LogP contribution in [0.2, 0.25) is 0 Å². The summed E-state index contributed by atoms with van der Waals surface area (Å²) in [6.07, 6.45) is 3.72. The number of benzene rings is 1. The lowest BCUT2D eigenvalue weighted by Crippen LogP contribution is -2.01. The number of ether oxygens (including phenoxy) is 1. The first-order valence-electron chi connectivity index (χ1n) is 5.70. The van der Waals surface area contributed by atoms with Crippen molar-refractivity contribution in [2.75, 3.05) is 13.2 Å². The summed E-state index contributed by atoms with van der Waals surface area (Å²) in [6, 6.07) is 7.90. The van der Waals surface area contributed by atoms with Crippen LogP contribution in [-0.2, 0) is 6.54 Å². The number of aromatic nitrogens is 2. The van der Waals surface area contributed by atoms with Crippen LogP contribution in [0, 0.1) is 0 Å². The molecule has 0 aliphatic rings. The third kappa shape index (κ3) is 2.85. The van der Waals surface area contributed by atoms with Crippen molar-refractivity contribution in [3.63, 3.8) is 0 Å². The summed E-state index contributed by atoms with van der Waals surface area (Å²) in [4.78, 5) is 0. The van der Waals surface area contributed by atoms with E-state index < -0.39 is 0 Å². The predicted molar refractivity (Wildman–Crippen MR) is 65.9 cm³/mol. The molecule has 0 aliphatic heterocycles. The highest BCUT2D eigenvalue weighted by atomic mass is 16.5. The van der Waals surface area contributed by atoms with Gasteiger partial charge in [0.15, 0.2) is 0 Å². The average molecular weight is 232 g/mol. The third-order valence-corrected chi connectivity index (χ3v) is 2.46. The molecule has 1 aromatic carbocycles. The van der Waals surface area contributed by atoms with E-state index in [1.54, 1.807) is 10.9 Å². The molecule has 4 nitrogen and oxygen atoms in total. The molecule has 1 N–H and O–H groups in total. The first-order valence-corrected chi connectivity index (χ1v) is 5.70. The Labute approximate surface area is 100 Å². The predicted octanol–water partition coefficient (Wildman–Crippen LogP) is 1.94. The molecule has 1 heterocycles. The van der Waals surface area contributed by atoms with Crippen molar-refractivity contribution in [3.8, 4) is 16.9 Å². The number of aliphatic hydroxyl groups excluding tert-OH is 1. The standard InChI is InChI=1S/C13H16N2O2/c1-2-17-13-5-3-11(4-6-13)12-9-14-15(10-12)7-8-16/h3-6,9-10,16H,2,7-8H2,1H3. The number of rotatable bonds is 5. The molecule has 0 radical (unpaired) electrons. The molecule has 0 spiro atoms. The highest BCUT2D eigenvalue weighted by Gasteiger charge is 2.01. The van der Waals surface area contributed by atoms with Crippen molar-refractivity contribution in [3.05, 3.63) is 36.7 Å². The van der Waals surface area contributed by atoms with Crippen molar-refractivity contribution in [2.24, 2.45) is 0 Å². The van der Waals surface area contributed by atoms with Gasteiger partial charge < -0.3 is 9.84 Å². The summed E-state index contributed by atoms with van der Waals surface area (Å²) in [6.45, 7) is 3.27. The topological polar surface area (TPSA) is 47.3 Å². The van der Waals surface area contributed by atoms with Crippen LogP contribution in [-0.4, -0.2) is 28.1 Å². The largest absolute Gasteiger partial charge is 0.494 e. The zero-order chi connectivity index (χ0) is 12.1. The number of aliphatic hydroxyl groups is 1. The van der Waals surface area contributed by atoms with Gasteiger partial charge in [-0.25, -0.2) is 0 Å². The fourth-order valence-corrected chi connectivity index (χ4v) is 1.65. The number of hydrogen-bond acceptors (Lipinski definition) is 3. The first-order chi connectivity index (χ1) is 8.33. The number of nitrogens with zero attached hydrogens (tertiary/aromatic N) is 2. The van der Waals surface area contributed by atoms with Crippen molar-refractivity contribution >= 4 is 0 Å². The van der Waals surface area contributed by atoms with Gasteiger partial charge in [0.25, 0.3) is 0 Å². The van der Waals surface area contributed by atoms with Crippen LogP contribution in [0.3, 0.4) is 0 Å². The maximum Gasteiger partial charge on any atom is 0.119 e. The highest BCUT2D eigenvalue weighted by Crippen LogP contribution is 2.21. The molecule has 0 saturated carbocycles. The zero-order valence-corrected chi connectivity index (χ0v) is 9.84. The minimum absolute atomic E-state index is 0.102. The maximum atomic E-state index is 8.82. The Bertz CT molecular complexity index is 463. The Morgan fingerprint density at radius 2 is 2.00 bits per heavy atom. The van der Waals surface area contributed by atoms with Crippen LogP contribution in [0.5, 0.6) is 5.75 Å². The molecule has 90 valence electrons. The van der Waals surface area contributed by atoms with Crippen molar-refractivity contribution in [1.82, 2.24) is 9.78 Å². The maximum absolute atomic E-state index is 8.82. The normalized spacial score (nSPS) is 10.5. The van der Waals surface area contributed by atoms with E-state index >= 15 is 0 Å². The fraction of sp³-hybridized carbons (Fsp3) is 0.308. The SMILES string of the molecule is CCOc1ccc(-c2cnn(CCO)c2)cc1. The monoisotopic (exact) mass is 232 g/mol. The van der Waals surface area contributed by atoms with E-state index in [0.717, 1.165) is 16.9 Å². The van der Waals surface area contributed by atoms with E-state index in [1.165, 1.54) is 0 Å². The van der Waals surface area contributed by atoms with Gasteiger partial charge in [-0.3, -0.25) is 4.68 Å². The van der Waals surface area contributed by atoms with Crippen LogP contribution in [0.1, 0.15) is 6.92 Å². The summed E-state index contributed by atoms with van der Waals surface area (Å²) >= 11 is 0. The van der Waals surface area contributed by atoms with Crippen molar-refractivity contribution < 1.29 is 9.84 Å². The van der Waals surface area contributed by atoms with Crippen LogP contribution in [0.15, 0.2) is 36.7 Å². The Hall–Kier alpha value is -1.81. The smallest absolute Gasteiger partial charge is 0.119 e. The van der Waals surface area contributed by atoms with E-state index in [1.807, 2.05) is 37.4 Å². The van der Waals surface area contributed by atoms with Crippen LogP contribution >= 0.6 is 0 Å². The Morgan fingerprint density at radius 3 is 2.65 bits per heavy atom. The van der Waals surface area contributed by atoms with Gasteiger partial charge in [-0.1, -0.05) is 12.1 Å². The van der Waals surface area contributed by atoms with E-state index in [9.17, 15) is 0 Å². The molecule has 1 aromatic heterocycles. The summed E-state index contributed by atoms with van der Waals surface area (Å²) in [7, 11) is 0. The van der Waals surface area contributed by atoms with Gasteiger partial charge in [0.1, 0.15) is 5.75 Å². The van der Waals surface area contributed by atoms with Crippen LogP contribution < -0.4 is 4.74 Å². The Kier molecular flexibility index (Phi) is 3.77. The Balaban J connectivity index is 2.15. The molecule has 0 saturated heterocycles. The molecule has 0 amide bonds. The fourth-order valence-electron chi connectivity index (χ4n) is 1.65. The molecule has 17 heavy (non-hydrogen) atoms. The average Bonchev–Trinajstić information content (AvgIpc) is 2.80. The summed E-state index contributed by atoms with van der Waals surface area (Å²) in [5.74, 6) is 0.874.